The smallest absolute Gasteiger partial charge is 0.128 e. The summed E-state index contributed by atoms with van der Waals surface area (Å²) < 4.78 is 0. The standard InChI is InChI=1S/C13H17N3OS/c1-9-11(7-17)4-5-13(14-9)16(3)6-12-8-18-10(2)15-12/h4-5,8,17H,6-7H2,1-3H3. The number of thiazole rings is 1. The molecular weight excluding hydrogens is 246 g/mol. The molecule has 0 saturated carbocycles. The van der Waals surface area contributed by atoms with Crippen LogP contribution in [0.4, 0.5) is 5.82 Å². The first-order valence-electron chi connectivity index (χ1n) is 5.79. The molecule has 0 aliphatic carbocycles. The predicted molar refractivity (Wildman–Crippen MR) is 73.9 cm³/mol. The van der Waals surface area contributed by atoms with Gasteiger partial charge in [-0.3, -0.25) is 0 Å². The van der Waals surface area contributed by atoms with Crippen molar-refractivity contribution in [1.29, 1.82) is 0 Å². The van der Waals surface area contributed by atoms with Crippen LogP contribution in [0.5, 0.6) is 0 Å². The molecule has 0 unspecified atom stereocenters. The summed E-state index contributed by atoms with van der Waals surface area (Å²) in [7, 11) is 2.00. The largest absolute Gasteiger partial charge is 0.392 e. The van der Waals surface area contributed by atoms with Gasteiger partial charge in [-0.1, -0.05) is 6.07 Å². The molecule has 2 rings (SSSR count). The van der Waals surface area contributed by atoms with E-state index in [1.807, 2.05) is 33.0 Å². The van der Waals surface area contributed by atoms with Crippen LogP contribution in [0.1, 0.15) is 22.0 Å². The van der Waals surface area contributed by atoms with E-state index in [0.29, 0.717) is 0 Å². The number of hydrogen-bond donors (Lipinski definition) is 1. The Morgan fingerprint density at radius 3 is 2.61 bits per heavy atom. The fraction of sp³-hybridized carbons (Fsp3) is 0.385. The second-order valence-electron chi connectivity index (χ2n) is 4.29. The molecule has 0 spiro atoms. The van der Waals surface area contributed by atoms with Gasteiger partial charge in [-0.05, 0) is 25.5 Å². The maximum Gasteiger partial charge on any atom is 0.128 e. The van der Waals surface area contributed by atoms with Crippen LogP contribution in [-0.2, 0) is 13.2 Å². The van der Waals surface area contributed by atoms with E-state index in [1.54, 1.807) is 11.3 Å². The zero-order chi connectivity index (χ0) is 13.1. The van der Waals surface area contributed by atoms with Crippen molar-refractivity contribution in [2.75, 3.05) is 11.9 Å². The summed E-state index contributed by atoms with van der Waals surface area (Å²) in [6, 6.07) is 3.85. The van der Waals surface area contributed by atoms with E-state index in [0.717, 1.165) is 34.3 Å². The van der Waals surface area contributed by atoms with Crippen molar-refractivity contribution < 1.29 is 5.11 Å². The summed E-state index contributed by atoms with van der Waals surface area (Å²) in [4.78, 5) is 11.0. The van der Waals surface area contributed by atoms with Gasteiger partial charge in [0.05, 0.1) is 23.9 Å². The van der Waals surface area contributed by atoms with Crippen molar-refractivity contribution in [3.63, 3.8) is 0 Å². The summed E-state index contributed by atoms with van der Waals surface area (Å²) >= 11 is 1.66. The van der Waals surface area contributed by atoms with Crippen molar-refractivity contribution in [3.05, 3.63) is 39.5 Å². The monoisotopic (exact) mass is 263 g/mol. The van der Waals surface area contributed by atoms with Gasteiger partial charge in [-0.25, -0.2) is 9.97 Å². The molecule has 2 aromatic heterocycles. The van der Waals surface area contributed by atoms with E-state index >= 15 is 0 Å². The van der Waals surface area contributed by atoms with E-state index < -0.39 is 0 Å². The van der Waals surface area contributed by atoms with Gasteiger partial charge < -0.3 is 10.0 Å². The van der Waals surface area contributed by atoms with Crippen molar-refractivity contribution in [2.45, 2.75) is 27.0 Å². The molecule has 0 fully saturated rings. The Balaban J connectivity index is 2.13. The molecule has 0 bridgehead atoms. The van der Waals surface area contributed by atoms with Crippen molar-refractivity contribution in [3.8, 4) is 0 Å². The van der Waals surface area contributed by atoms with Crippen LogP contribution >= 0.6 is 11.3 Å². The maximum absolute atomic E-state index is 9.12. The van der Waals surface area contributed by atoms with Crippen LogP contribution in [0.15, 0.2) is 17.5 Å². The lowest BCUT2D eigenvalue weighted by atomic mass is 10.2. The minimum absolute atomic E-state index is 0.0358. The highest BCUT2D eigenvalue weighted by Gasteiger charge is 2.07. The van der Waals surface area contributed by atoms with Gasteiger partial charge >= 0.3 is 0 Å². The minimum Gasteiger partial charge on any atom is -0.392 e. The fourth-order valence-corrected chi connectivity index (χ4v) is 2.36. The molecule has 2 heterocycles. The van der Waals surface area contributed by atoms with Crippen LogP contribution in [0.3, 0.4) is 0 Å². The molecule has 0 saturated heterocycles. The Kier molecular flexibility index (Phi) is 3.93. The SMILES string of the molecule is Cc1nc(CN(C)c2ccc(CO)c(C)n2)cs1. The average Bonchev–Trinajstić information content (AvgIpc) is 2.74. The first kappa shape index (κ1) is 13.0. The van der Waals surface area contributed by atoms with Gasteiger partial charge in [-0.15, -0.1) is 11.3 Å². The molecule has 0 aliphatic heterocycles. The Morgan fingerprint density at radius 2 is 2.06 bits per heavy atom. The lowest BCUT2D eigenvalue weighted by Gasteiger charge is -2.18. The molecule has 0 atom stereocenters. The lowest BCUT2D eigenvalue weighted by molar-refractivity contribution is 0.280. The number of anilines is 1. The Hall–Kier alpha value is -1.46. The van der Waals surface area contributed by atoms with Gasteiger partial charge in [0.25, 0.3) is 0 Å². The number of hydrogen-bond acceptors (Lipinski definition) is 5. The second-order valence-corrected chi connectivity index (χ2v) is 5.35. The first-order valence-corrected chi connectivity index (χ1v) is 6.67. The normalized spacial score (nSPS) is 10.7. The van der Waals surface area contributed by atoms with Crippen molar-refractivity contribution in [2.24, 2.45) is 0 Å². The highest BCUT2D eigenvalue weighted by molar-refractivity contribution is 7.09. The highest BCUT2D eigenvalue weighted by atomic mass is 32.1. The van der Waals surface area contributed by atoms with E-state index in [2.05, 4.69) is 20.2 Å². The Bertz CT molecular complexity index is 539. The third-order valence-electron chi connectivity index (χ3n) is 2.81. The summed E-state index contributed by atoms with van der Waals surface area (Å²) in [5, 5.41) is 12.3. The zero-order valence-electron chi connectivity index (χ0n) is 10.8. The average molecular weight is 263 g/mol. The fourth-order valence-electron chi connectivity index (χ4n) is 1.76. The number of aryl methyl sites for hydroxylation is 2. The third kappa shape index (κ3) is 2.86. The summed E-state index contributed by atoms with van der Waals surface area (Å²) in [6.07, 6.45) is 0. The van der Waals surface area contributed by atoms with Gasteiger partial charge in [0.2, 0.25) is 0 Å². The van der Waals surface area contributed by atoms with Crippen molar-refractivity contribution >= 4 is 17.2 Å². The number of aliphatic hydroxyl groups excluding tert-OH is 1. The van der Waals surface area contributed by atoms with E-state index in [1.165, 1.54) is 0 Å². The van der Waals surface area contributed by atoms with Gasteiger partial charge in [0.15, 0.2) is 0 Å². The topological polar surface area (TPSA) is 49.2 Å². The van der Waals surface area contributed by atoms with E-state index in [-0.39, 0.29) is 6.61 Å². The molecule has 4 nitrogen and oxygen atoms in total. The molecule has 18 heavy (non-hydrogen) atoms. The molecule has 0 aliphatic rings. The number of nitrogens with zero attached hydrogens (tertiary/aromatic N) is 3. The summed E-state index contributed by atoms with van der Waals surface area (Å²) in [6.45, 7) is 4.70. The van der Waals surface area contributed by atoms with Crippen LogP contribution in [-0.4, -0.2) is 22.1 Å². The lowest BCUT2D eigenvalue weighted by Crippen LogP contribution is -2.18. The summed E-state index contributed by atoms with van der Waals surface area (Å²) in [5.74, 6) is 0.898. The van der Waals surface area contributed by atoms with Gasteiger partial charge in [-0.2, -0.15) is 0 Å². The van der Waals surface area contributed by atoms with Crippen LogP contribution in [0.2, 0.25) is 0 Å². The number of rotatable bonds is 4. The predicted octanol–water partition coefficient (Wildman–Crippen LogP) is 2.28. The third-order valence-corrected chi connectivity index (χ3v) is 3.63. The van der Waals surface area contributed by atoms with Crippen LogP contribution in [0.25, 0.3) is 0 Å². The van der Waals surface area contributed by atoms with Crippen LogP contribution in [0, 0.1) is 13.8 Å². The quantitative estimate of drug-likeness (QED) is 0.919. The Morgan fingerprint density at radius 1 is 1.28 bits per heavy atom. The number of pyridine rings is 1. The van der Waals surface area contributed by atoms with E-state index in [4.69, 9.17) is 5.11 Å². The zero-order valence-corrected chi connectivity index (χ0v) is 11.7. The summed E-state index contributed by atoms with van der Waals surface area (Å²) in [5.41, 5.74) is 2.80. The first-order chi connectivity index (χ1) is 8.60. The molecule has 1 N–H and O–H groups in total. The molecule has 5 heteroatoms. The Labute approximate surface area is 111 Å². The van der Waals surface area contributed by atoms with Crippen LogP contribution < -0.4 is 4.90 Å². The molecule has 2 aromatic rings. The molecule has 96 valence electrons. The molecule has 0 aromatic carbocycles. The molecule has 0 amide bonds. The van der Waals surface area contributed by atoms with Gasteiger partial charge in [0.1, 0.15) is 5.82 Å². The van der Waals surface area contributed by atoms with E-state index in [9.17, 15) is 0 Å². The highest BCUT2D eigenvalue weighted by Crippen LogP contribution is 2.17. The molecular formula is C13H17N3OS. The number of aliphatic hydroxyl groups is 1. The minimum atomic E-state index is 0.0358. The molecule has 0 radical (unpaired) electrons. The number of aromatic nitrogens is 2. The van der Waals surface area contributed by atoms with Crippen molar-refractivity contribution in [1.82, 2.24) is 9.97 Å². The maximum atomic E-state index is 9.12. The second kappa shape index (κ2) is 5.46. The van der Waals surface area contributed by atoms with Gasteiger partial charge in [0, 0.05) is 18.1 Å².